The third-order valence-electron chi connectivity index (χ3n) is 4.75. The molecule has 27 heavy (non-hydrogen) atoms. The van der Waals surface area contributed by atoms with Crippen molar-refractivity contribution in [3.8, 4) is 11.3 Å². The lowest BCUT2D eigenvalue weighted by molar-refractivity contribution is -0.116. The lowest BCUT2D eigenvalue weighted by Crippen LogP contribution is -2.11. The van der Waals surface area contributed by atoms with Gasteiger partial charge in [-0.25, -0.2) is 9.97 Å². The van der Waals surface area contributed by atoms with Crippen molar-refractivity contribution in [1.29, 1.82) is 0 Å². The Balaban J connectivity index is 1.26. The van der Waals surface area contributed by atoms with Crippen LogP contribution in [0.25, 0.3) is 11.3 Å². The summed E-state index contributed by atoms with van der Waals surface area (Å²) in [7, 11) is 0. The first-order valence-electron chi connectivity index (χ1n) is 9.56. The van der Waals surface area contributed by atoms with Gasteiger partial charge in [0.2, 0.25) is 5.91 Å². The van der Waals surface area contributed by atoms with Crippen molar-refractivity contribution in [3.63, 3.8) is 0 Å². The first-order valence-corrected chi connectivity index (χ1v) is 10.4. The Bertz CT molecular complexity index is 878. The second-order valence-electron chi connectivity index (χ2n) is 6.84. The Morgan fingerprint density at radius 1 is 1.15 bits per heavy atom. The molecule has 140 valence electrons. The Morgan fingerprint density at radius 3 is 2.89 bits per heavy atom. The molecule has 3 aromatic rings. The Labute approximate surface area is 162 Å². The lowest BCUT2D eigenvalue weighted by atomic mass is 10.2. The number of amides is 1. The van der Waals surface area contributed by atoms with Crippen LogP contribution < -0.4 is 5.32 Å². The van der Waals surface area contributed by atoms with Crippen molar-refractivity contribution in [2.75, 3.05) is 5.32 Å². The maximum absolute atomic E-state index is 12.2. The van der Waals surface area contributed by atoms with Crippen molar-refractivity contribution in [2.45, 2.75) is 51.4 Å². The van der Waals surface area contributed by atoms with Gasteiger partial charge in [-0.15, -0.1) is 11.3 Å². The average Bonchev–Trinajstić information content (AvgIpc) is 3.24. The minimum Gasteiger partial charge on any atom is -0.441 e. The van der Waals surface area contributed by atoms with Crippen molar-refractivity contribution in [2.24, 2.45) is 0 Å². The van der Waals surface area contributed by atoms with Crippen LogP contribution in [-0.4, -0.2) is 15.9 Å². The van der Waals surface area contributed by atoms with Crippen LogP contribution in [0.3, 0.4) is 0 Å². The molecule has 5 nitrogen and oxygen atoms in total. The van der Waals surface area contributed by atoms with Crippen molar-refractivity contribution in [3.05, 3.63) is 53.0 Å². The van der Waals surface area contributed by atoms with E-state index in [1.165, 1.54) is 29.8 Å². The van der Waals surface area contributed by atoms with E-state index in [-0.39, 0.29) is 5.91 Å². The summed E-state index contributed by atoms with van der Waals surface area (Å²) in [6.07, 6.45) is 9.36. The molecule has 1 N–H and O–H groups in total. The summed E-state index contributed by atoms with van der Waals surface area (Å²) in [5.41, 5.74) is 2.19. The number of carbonyl (C=O) groups excluding carboxylic acids is 1. The molecule has 0 unspecified atom stereocenters. The number of thiazole rings is 1. The minimum atomic E-state index is 0.00810. The van der Waals surface area contributed by atoms with Gasteiger partial charge in [-0.05, 0) is 32.1 Å². The molecule has 0 atom stereocenters. The maximum Gasteiger partial charge on any atom is 0.226 e. The number of rotatable bonds is 6. The molecule has 6 heteroatoms. The summed E-state index contributed by atoms with van der Waals surface area (Å²) < 4.78 is 5.78. The van der Waals surface area contributed by atoms with Gasteiger partial charge >= 0.3 is 0 Å². The summed E-state index contributed by atoms with van der Waals surface area (Å²) in [6, 6.07) is 9.90. The van der Waals surface area contributed by atoms with Gasteiger partial charge in [0.05, 0.1) is 11.9 Å². The van der Waals surface area contributed by atoms with Gasteiger partial charge in [0.25, 0.3) is 0 Å². The number of nitrogens with zero attached hydrogens (tertiary/aromatic N) is 2. The summed E-state index contributed by atoms with van der Waals surface area (Å²) in [4.78, 5) is 22.5. The summed E-state index contributed by atoms with van der Waals surface area (Å²) >= 11 is 1.63. The zero-order valence-electron chi connectivity index (χ0n) is 15.2. The van der Waals surface area contributed by atoms with E-state index in [9.17, 15) is 4.79 Å². The summed E-state index contributed by atoms with van der Waals surface area (Å²) in [5, 5.41) is 3.70. The number of benzene rings is 1. The molecule has 0 radical (unpaired) electrons. The molecule has 1 aliphatic rings. The molecule has 2 heterocycles. The van der Waals surface area contributed by atoms with E-state index >= 15 is 0 Å². The Morgan fingerprint density at radius 2 is 2.00 bits per heavy atom. The zero-order valence-corrected chi connectivity index (χ0v) is 16.1. The number of anilines is 1. The lowest BCUT2D eigenvalue weighted by Gasteiger charge is -2.01. The van der Waals surface area contributed by atoms with E-state index in [1.807, 2.05) is 30.3 Å². The molecular formula is C21H23N3O2S. The smallest absolute Gasteiger partial charge is 0.226 e. The standard InChI is InChI=1S/C21H23N3O2S/c25-19(24-21-23-16-10-5-2-6-11-18(16)27-21)12-7-13-20-22-14-17(26-20)15-8-3-1-4-9-15/h1,3-4,8-9,14H,2,5-7,10-13H2,(H,23,24,25). The summed E-state index contributed by atoms with van der Waals surface area (Å²) in [6.45, 7) is 0. The number of hydrogen-bond acceptors (Lipinski definition) is 5. The molecule has 0 fully saturated rings. The number of nitrogens with one attached hydrogen (secondary N) is 1. The van der Waals surface area contributed by atoms with Crippen molar-refractivity contribution >= 4 is 22.4 Å². The number of oxazole rings is 1. The summed E-state index contributed by atoms with van der Waals surface area (Å²) in [5.74, 6) is 1.44. The van der Waals surface area contributed by atoms with Crippen LogP contribution in [0.2, 0.25) is 0 Å². The Kier molecular flexibility index (Phi) is 5.63. The van der Waals surface area contributed by atoms with E-state index in [0.29, 0.717) is 25.2 Å². The molecular weight excluding hydrogens is 358 g/mol. The SMILES string of the molecule is O=C(CCCc1ncc(-c2ccccc2)o1)Nc1nc2c(s1)CCCCC2. The fraction of sp³-hybridized carbons (Fsp3) is 0.381. The monoisotopic (exact) mass is 381 g/mol. The maximum atomic E-state index is 12.2. The predicted octanol–water partition coefficient (Wildman–Crippen LogP) is 5.03. The molecule has 0 saturated carbocycles. The Hall–Kier alpha value is -2.47. The van der Waals surface area contributed by atoms with Gasteiger partial charge < -0.3 is 9.73 Å². The minimum absolute atomic E-state index is 0.00810. The highest BCUT2D eigenvalue weighted by Crippen LogP contribution is 2.29. The van der Waals surface area contributed by atoms with Gasteiger partial charge in [0.1, 0.15) is 0 Å². The van der Waals surface area contributed by atoms with Crippen molar-refractivity contribution in [1.82, 2.24) is 9.97 Å². The second kappa shape index (κ2) is 8.48. The number of fused-ring (bicyclic) bond motifs is 1. The van der Waals surface area contributed by atoms with Gasteiger partial charge in [-0.2, -0.15) is 0 Å². The fourth-order valence-corrected chi connectivity index (χ4v) is 4.39. The van der Waals surface area contributed by atoms with E-state index < -0.39 is 0 Å². The number of carbonyl (C=O) groups is 1. The third-order valence-corrected chi connectivity index (χ3v) is 5.82. The van der Waals surface area contributed by atoms with E-state index in [4.69, 9.17) is 4.42 Å². The van der Waals surface area contributed by atoms with Crippen LogP contribution in [0, 0.1) is 0 Å². The highest BCUT2D eigenvalue weighted by atomic mass is 32.1. The molecule has 0 aliphatic heterocycles. The normalized spacial score (nSPS) is 13.8. The molecule has 0 saturated heterocycles. The zero-order chi connectivity index (χ0) is 18.5. The molecule has 1 aliphatic carbocycles. The van der Waals surface area contributed by atoms with Gasteiger partial charge in [0, 0.05) is 23.3 Å². The largest absolute Gasteiger partial charge is 0.441 e. The van der Waals surface area contributed by atoms with Gasteiger partial charge in [-0.3, -0.25) is 4.79 Å². The third kappa shape index (κ3) is 4.63. The topological polar surface area (TPSA) is 68.0 Å². The van der Waals surface area contributed by atoms with E-state index in [2.05, 4.69) is 15.3 Å². The van der Waals surface area contributed by atoms with Crippen LogP contribution in [0.15, 0.2) is 40.9 Å². The first-order chi connectivity index (χ1) is 13.3. The molecule has 1 amide bonds. The number of aromatic nitrogens is 2. The molecule has 0 spiro atoms. The van der Waals surface area contributed by atoms with Crippen LogP contribution in [0.1, 0.15) is 48.6 Å². The predicted molar refractivity (Wildman–Crippen MR) is 107 cm³/mol. The first kappa shape index (κ1) is 17.9. The van der Waals surface area contributed by atoms with E-state index in [0.717, 1.165) is 29.3 Å². The quantitative estimate of drug-likeness (QED) is 0.608. The van der Waals surface area contributed by atoms with E-state index in [1.54, 1.807) is 17.5 Å². The van der Waals surface area contributed by atoms with Gasteiger partial charge in [0.15, 0.2) is 16.8 Å². The second-order valence-corrected chi connectivity index (χ2v) is 7.92. The molecule has 2 aromatic heterocycles. The molecule has 4 rings (SSSR count). The van der Waals surface area contributed by atoms with Crippen molar-refractivity contribution < 1.29 is 9.21 Å². The van der Waals surface area contributed by atoms with Crippen LogP contribution >= 0.6 is 11.3 Å². The fourth-order valence-electron chi connectivity index (χ4n) is 3.33. The van der Waals surface area contributed by atoms with Crippen LogP contribution in [0.5, 0.6) is 0 Å². The molecule has 0 bridgehead atoms. The highest BCUT2D eigenvalue weighted by molar-refractivity contribution is 7.15. The molecule has 1 aromatic carbocycles. The number of hydrogen-bond donors (Lipinski definition) is 1. The van der Waals surface area contributed by atoms with Crippen LogP contribution in [0.4, 0.5) is 5.13 Å². The number of aryl methyl sites for hydroxylation is 3. The van der Waals surface area contributed by atoms with Gasteiger partial charge in [-0.1, -0.05) is 36.8 Å². The average molecular weight is 382 g/mol. The van der Waals surface area contributed by atoms with Crippen LogP contribution in [-0.2, 0) is 24.1 Å². The highest BCUT2D eigenvalue weighted by Gasteiger charge is 2.15.